The third-order valence-electron chi connectivity index (χ3n) is 3.22. The SMILES string of the molecule is COc1ccc(CC(C)(C(=O)O)n2cc(Br)cn2)cc1. The van der Waals surface area contributed by atoms with Gasteiger partial charge in [-0.25, -0.2) is 4.79 Å². The number of benzene rings is 1. The van der Waals surface area contributed by atoms with Crippen LogP contribution in [-0.4, -0.2) is 28.0 Å². The van der Waals surface area contributed by atoms with Gasteiger partial charge < -0.3 is 9.84 Å². The van der Waals surface area contributed by atoms with Crippen molar-refractivity contribution in [2.45, 2.75) is 18.9 Å². The Morgan fingerprint density at radius 3 is 2.55 bits per heavy atom. The van der Waals surface area contributed by atoms with Crippen LogP contribution in [0.2, 0.25) is 0 Å². The van der Waals surface area contributed by atoms with Gasteiger partial charge in [-0.2, -0.15) is 5.10 Å². The van der Waals surface area contributed by atoms with E-state index in [1.807, 2.05) is 24.3 Å². The largest absolute Gasteiger partial charge is 0.497 e. The number of methoxy groups -OCH3 is 1. The van der Waals surface area contributed by atoms with Crippen molar-refractivity contribution in [1.82, 2.24) is 9.78 Å². The summed E-state index contributed by atoms with van der Waals surface area (Å²) in [5.41, 5.74) is -0.233. The highest BCUT2D eigenvalue weighted by Crippen LogP contribution is 2.24. The molecule has 1 atom stereocenters. The number of aromatic nitrogens is 2. The van der Waals surface area contributed by atoms with Gasteiger partial charge in [-0.1, -0.05) is 12.1 Å². The van der Waals surface area contributed by atoms with E-state index in [9.17, 15) is 9.90 Å². The molecule has 0 aliphatic carbocycles. The molecule has 0 bridgehead atoms. The maximum Gasteiger partial charge on any atom is 0.331 e. The molecule has 1 unspecified atom stereocenters. The second-order valence-corrected chi connectivity index (χ2v) is 5.62. The average molecular weight is 339 g/mol. The molecule has 0 radical (unpaired) electrons. The molecule has 6 heteroatoms. The number of hydrogen-bond donors (Lipinski definition) is 1. The van der Waals surface area contributed by atoms with Gasteiger partial charge in [0.2, 0.25) is 0 Å². The molecular formula is C14H15BrN2O3. The van der Waals surface area contributed by atoms with Crippen LogP contribution in [0.1, 0.15) is 12.5 Å². The molecule has 1 heterocycles. The van der Waals surface area contributed by atoms with Crippen LogP contribution in [0.5, 0.6) is 5.75 Å². The minimum absolute atomic E-state index is 0.334. The van der Waals surface area contributed by atoms with Crippen molar-refractivity contribution >= 4 is 21.9 Å². The summed E-state index contributed by atoms with van der Waals surface area (Å²) < 4.78 is 7.31. The molecule has 20 heavy (non-hydrogen) atoms. The summed E-state index contributed by atoms with van der Waals surface area (Å²) >= 11 is 3.29. The lowest BCUT2D eigenvalue weighted by Crippen LogP contribution is -2.41. The zero-order chi connectivity index (χ0) is 14.8. The standard InChI is InChI=1S/C14H15BrN2O3/c1-14(13(18)19,17-9-11(15)8-16-17)7-10-3-5-12(20-2)6-4-10/h3-6,8-9H,7H2,1-2H3,(H,18,19). The molecule has 2 rings (SSSR count). The number of ether oxygens (including phenoxy) is 1. The number of aliphatic carboxylic acids is 1. The Balaban J connectivity index is 2.31. The van der Waals surface area contributed by atoms with E-state index in [1.165, 1.54) is 4.68 Å². The van der Waals surface area contributed by atoms with Crippen LogP contribution in [0.25, 0.3) is 0 Å². The average Bonchev–Trinajstić information content (AvgIpc) is 2.86. The molecule has 0 saturated heterocycles. The fourth-order valence-electron chi connectivity index (χ4n) is 1.97. The van der Waals surface area contributed by atoms with Gasteiger partial charge in [0.05, 0.1) is 17.8 Å². The van der Waals surface area contributed by atoms with E-state index < -0.39 is 11.5 Å². The molecular weight excluding hydrogens is 324 g/mol. The smallest absolute Gasteiger partial charge is 0.331 e. The maximum absolute atomic E-state index is 11.7. The van der Waals surface area contributed by atoms with Crippen LogP contribution in [0.4, 0.5) is 0 Å². The predicted octanol–water partition coefficient (Wildman–Crippen LogP) is 2.70. The van der Waals surface area contributed by atoms with E-state index >= 15 is 0 Å². The van der Waals surface area contributed by atoms with Crippen LogP contribution in [0, 0.1) is 0 Å². The number of rotatable bonds is 5. The van der Waals surface area contributed by atoms with Crippen LogP contribution in [-0.2, 0) is 16.8 Å². The Morgan fingerprint density at radius 2 is 2.10 bits per heavy atom. The topological polar surface area (TPSA) is 64.3 Å². The zero-order valence-electron chi connectivity index (χ0n) is 11.2. The summed E-state index contributed by atoms with van der Waals surface area (Å²) in [6.45, 7) is 1.65. The monoisotopic (exact) mass is 338 g/mol. The van der Waals surface area contributed by atoms with Gasteiger partial charge in [-0.3, -0.25) is 4.68 Å². The summed E-state index contributed by atoms with van der Waals surface area (Å²) in [7, 11) is 1.59. The third-order valence-corrected chi connectivity index (χ3v) is 3.63. The number of carboxylic acid groups (broad SMARTS) is 1. The summed E-state index contributed by atoms with van der Waals surface area (Å²) in [4.78, 5) is 11.7. The van der Waals surface area contributed by atoms with E-state index in [2.05, 4.69) is 21.0 Å². The van der Waals surface area contributed by atoms with E-state index in [1.54, 1.807) is 26.4 Å². The lowest BCUT2D eigenvalue weighted by molar-refractivity contribution is -0.147. The first-order valence-corrected chi connectivity index (χ1v) is 6.82. The molecule has 1 aromatic carbocycles. The Labute approximate surface area is 125 Å². The predicted molar refractivity (Wildman–Crippen MR) is 77.9 cm³/mol. The van der Waals surface area contributed by atoms with E-state index in [4.69, 9.17) is 4.74 Å². The van der Waals surface area contributed by atoms with Crippen LogP contribution < -0.4 is 4.74 Å². The molecule has 5 nitrogen and oxygen atoms in total. The molecule has 0 spiro atoms. The Kier molecular flexibility index (Phi) is 4.13. The number of carbonyl (C=O) groups is 1. The summed E-state index contributed by atoms with van der Waals surface area (Å²) in [5, 5.41) is 13.7. The number of hydrogen-bond acceptors (Lipinski definition) is 3. The molecule has 1 N–H and O–H groups in total. The van der Waals surface area contributed by atoms with Crippen LogP contribution in [0.15, 0.2) is 41.1 Å². The fraction of sp³-hybridized carbons (Fsp3) is 0.286. The minimum atomic E-state index is -1.14. The molecule has 2 aromatic rings. The van der Waals surface area contributed by atoms with Gasteiger partial charge in [0, 0.05) is 12.6 Å². The highest BCUT2D eigenvalue weighted by molar-refractivity contribution is 9.10. The highest BCUT2D eigenvalue weighted by atomic mass is 79.9. The van der Waals surface area contributed by atoms with Crippen molar-refractivity contribution in [3.8, 4) is 5.75 Å². The van der Waals surface area contributed by atoms with E-state index in [0.29, 0.717) is 6.42 Å². The zero-order valence-corrected chi connectivity index (χ0v) is 12.8. The van der Waals surface area contributed by atoms with E-state index in [-0.39, 0.29) is 0 Å². The van der Waals surface area contributed by atoms with Gasteiger partial charge in [0.25, 0.3) is 0 Å². The highest BCUT2D eigenvalue weighted by Gasteiger charge is 2.36. The first-order valence-electron chi connectivity index (χ1n) is 6.02. The first kappa shape index (κ1) is 14.6. The van der Waals surface area contributed by atoms with Gasteiger partial charge in [-0.05, 0) is 40.5 Å². The number of nitrogens with zero attached hydrogens (tertiary/aromatic N) is 2. The van der Waals surface area contributed by atoms with Gasteiger partial charge in [-0.15, -0.1) is 0 Å². The van der Waals surface area contributed by atoms with Crippen molar-refractivity contribution in [2.24, 2.45) is 0 Å². The fourth-order valence-corrected chi connectivity index (χ4v) is 2.25. The minimum Gasteiger partial charge on any atom is -0.497 e. The Hall–Kier alpha value is -1.82. The van der Waals surface area contributed by atoms with Crippen LogP contribution >= 0.6 is 15.9 Å². The summed E-state index contributed by atoms with van der Waals surface area (Å²) in [6.07, 6.45) is 3.58. The normalized spacial score (nSPS) is 13.8. The van der Waals surface area contributed by atoms with Crippen molar-refractivity contribution < 1.29 is 14.6 Å². The Bertz CT molecular complexity index is 609. The van der Waals surface area contributed by atoms with Gasteiger partial charge in [0.15, 0.2) is 5.54 Å². The lowest BCUT2D eigenvalue weighted by atomic mass is 9.93. The summed E-state index contributed by atoms with van der Waals surface area (Å²) in [5.74, 6) is -0.184. The lowest BCUT2D eigenvalue weighted by Gasteiger charge is -2.25. The number of carboxylic acids is 1. The first-order chi connectivity index (χ1) is 9.45. The molecule has 0 saturated carbocycles. The Morgan fingerprint density at radius 1 is 1.45 bits per heavy atom. The van der Waals surface area contributed by atoms with Gasteiger partial charge in [0.1, 0.15) is 5.75 Å². The van der Waals surface area contributed by atoms with E-state index in [0.717, 1.165) is 15.8 Å². The molecule has 0 aliphatic rings. The molecule has 0 aliphatic heterocycles. The molecule has 1 aromatic heterocycles. The van der Waals surface area contributed by atoms with Crippen molar-refractivity contribution in [1.29, 1.82) is 0 Å². The van der Waals surface area contributed by atoms with Crippen molar-refractivity contribution in [3.63, 3.8) is 0 Å². The van der Waals surface area contributed by atoms with Crippen molar-refractivity contribution in [3.05, 3.63) is 46.7 Å². The molecule has 0 fully saturated rings. The summed E-state index contributed by atoms with van der Waals surface area (Å²) in [6, 6.07) is 7.35. The third kappa shape index (κ3) is 2.85. The second kappa shape index (κ2) is 5.66. The maximum atomic E-state index is 11.7. The van der Waals surface area contributed by atoms with Gasteiger partial charge >= 0.3 is 5.97 Å². The molecule has 106 valence electrons. The molecule has 0 amide bonds. The quantitative estimate of drug-likeness (QED) is 0.910. The second-order valence-electron chi connectivity index (χ2n) is 4.71. The van der Waals surface area contributed by atoms with Crippen LogP contribution in [0.3, 0.4) is 0 Å². The van der Waals surface area contributed by atoms with Crippen molar-refractivity contribution in [2.75, 3.05) is 7.11 Å². The number of halogens is 1.